The van der Waals surface area contributed by atoms with Gasteiger partial charge in [-0.3, -0.25) is 4.79 Å². The molecule has 0 aliphatic heterocycles. The highest BCUT2D eigenvalue weighted by Crippen LogP contribution is 2.15. The van der Waals surface area contributed by atoms with Gasteiger partial charge >= 0.3 is 5.63 Å². The lowest BCUT2D eigenvalue weighted by atomic mass is 10.1. The Labute approximate surface area is 148 Å². The molecule has 0 atom stereocenters. The lowest BCUT2D eigenvalue weighted by Gasteiger charge is -2.10. The number of aromatic nitrogens is 2. The molecule has 1 N–H and O–H groups in total. The second kappa shape index (κ2) is 6.68. The Morgan fingerprint density at radius 2 is 1.88 bits per heavy atom. The van der Waals surface area contributed by atoms with Crippen molar-refractivity contribution < 1.29 is 9.21 Å². The molecule has 4 aromatic rings. The SMILES string of the molecule is O=C(NCc1ccccc1-n1cccn1)c1cc2ccccc2oc1=O. The van der Waals surface area contributed by atoms with Crippen LogP contribution in [0.4, 0.5) is 0 Å². The van der Waals surface area contributed by atoms with Gasteiger partial charge in [0.2, 0.25) is 0 Å². The highest BCUT2D eigenvalue weighted by atomic mass is 16.4. The number of rotatable bonds is 4. The highest BCUT2D eigenvalue weighted by Gasteiger charge is 2.14. The van der Waals surface area contributed by atoms with E-state index in [4.69, 9.17) is 4.42 Å². The van der Waals surface area contributed by atoms with Crippen LogP contribution in [0.25, 0.3) is 16.7 Å². The lowest BCUT2D eigenvalue weighted by Crippen LogP contribution is -2.28. The van der Waals surface area contributed by atoms with Gasteiger partial charge in [-0.1, -0.05) is 36.4 Å². The smallest absolute Gasteiger partial charge is 0.349 e. The molecule has 2 heterocycles. The molecule has 0 saturated heterocycles. The van der Waals surface area contributed by atoms with Crippen LogP contribution < -0.4 is 10.9 Å². The van der Waals surface area contributed by atoms with E-state index in [1.165, 1.54) is 0 Å². The minimum atomic E-state index is -0.651. The molecule has 0 spiro atoms. The number of amides is 1. The minimum absolute atomic E-state index is 0.0136. The molecule has 1 amide bonds. The van der Waals surface area contributed by atoms with E-state index in [1.54, 1.807) is 35.1 Å². The van der Waals surface area contributed by atoms with Gasteiger partial charge in [0.25, 0.3) is 5.91 Å². The third kappa shape index (κ3) is 3.00. The Bertz CT molecular complexity index is 1130. The maximum Gasteiger partial charge on any atom is 0.349 e. The van der Waals surface area contributed by atoms with Crippen LogP contribution in [0.2, 0.25) is 0 Å². The maximum absolute atomic E-state index is 12.5. The summed E-state index contributed by atoms with van der Waals surface area (Å²) in [6, 6.07) is 18.1. The van der Waals surface area contributed by atoms with Gasteiger partial charge in [0, 0.05) is 24.3 Å². The van der Waals surface area contributed by atoms with Crippen LogP contribution in [-0.4, -0.2) is 15.7 Å². The zero-order chi connectivity index (χ0) is 17.9. The molecular weight excluding hydrogens is 330 g/mol. The van der Waals surface area contributed by atoms with Crippen molar-refractivity contribution in [2.75, 3.05) is 0 Å². The molecule has 0 unspecified atom stereocenters. The number of carbonyl (C=O) groups is 1. The van der Waals surface area contributed by atoms with Crippen molar-refractivity contribution in [1.82, 2.24) is 15.1 Å². The van der Waals surface area contributed by atoms with Crippen LogP contribution in [0.5, 0.6) is 0 Å². The highest BCUT2D eigenvalue weighted by molar-refractivity contribution is 5.96. The van der Waals surface area contributed by atoms with E-state index in [0.717, 1.165) is 11.3 Å². The predicted octanol–water partition coefficient (Wildman–Crippen LogP) is 2.91. The summed E-state index contributed by atoms with van der Waals surface area (Å²) in [5, 5.41) is 7.71. The molecule has 0 saturated carbocycles. The zero-order valence-electron chi connectivity index (χ0n) is 13.8. The van der Waals surface area contributed by atoms with E-state index in [-0.39, 0.29) is 12.1 Å². The van der Waals surface area contributed by atoms with Gasteiger partial charge in [-0.2, -0.15) is 5.10 Å². The number of benzene rings is 2. The fourth-order valence-electron chi connectivity index (χ4n) is 2.79. The summed E-state index contributed by atoms with van der Waals surface area (Å²) in [5.74, 6) is -0.472. The van der Waals surface area contributed by atoms with Crippen molar-refractivity contribution in [3.8, 4) is 5.69 Å². The molecule has 0 aliphatic rings. The van der Waals surface area contributed by atoms with E-state index in [9.17, 15) is 9.59 Å². The van der Waals surface area contributed by atoms with Gasteiger partial charge in [0.1, 0.15) is 11.1 Å². The summed E-state index contributed by atoms with van der Waals surface area (Å²) in [4.78, 5) is 24.6. The second-order valence-electron chi connectivity index (χ2n) is 5.75. The maximum atomic E-state index is 12.5. The van der Waals surface area contributed by atoms with Crippen LogP contribution >= 0.6 is 0 Å². The fourth-order valence-corrected chi connectivity index (χ4v) is 2.79. The summed E-state index contributed by atoms with van der Waals surface area (Å²) in [6.45, 7) is 0.265. The van der Waals surface area contributed by atoms with E-state index in [0.29, 0.717) is 11.0 Å². The summed E-state index contributed by atoms with van der Waals surface area (Å²) in [5.41, 5.74) is 1.54. The average molecular weight is 345 g/mol. The molecule has 0 bridgehead atoms. The van der Waals surface area contributed by atoms with Crippen molar-refractivity contribution in [3.05, 3.63) is 94.6 Å². The molecule has 0 radical (unpaired) electrons. The van der Waals surface area contributed by atoms with Crippen molar-refractivity contribution in [2.45, 2.75) is 6.54 Å². The normalized spacial score (nSPS) is 10.8. The molecular formula is C20H15N3O3. The van der Waals surface area contributed by atoms with Crippen LogP contribution in [0, 0.1) is 0 Å². The number of hydrogen-bond donors (Lipinski definition) is 1. The number of nitrogens with one attached hydrogen (secondary N) is 1. The molecule has 26 heavy (non-hydrogen) atoms. The number of nitrogens with zero attached hydrogens (tertiary/aromatic N) is 2. The van der Waals surface area contributed by atoms with Gasteiger partial charge in [-0.25, -0.2) is 9.48 Å². The predicted molar refractivity (Wildman–Crippen MR) is 97.2 cm³/mol. The first kappa shape index (κ1) is 15.8. The molecule has 2 aromatic heterocycles. The van der Waals surface area contributed by atoms with Gasteiger partial charge in [0.15, 0.2) is 0 Å². The van der Waals surface area contributed by atoms with Crippen LogP contribution in [0.1, 0.15) is 15.9 Å². The Morgan fingerprint density at radius 1 is 1.08 bits per heavy atom. The summed E-state index contributed by atoms with van der Waals surface area (Å²) >= 11 is 0. The van der Waals surface area contributed by atoms with Crippen LogP contribution in [-0.2, 0) is 6.54 Å². The minimum Gasteiger partial charge on any atom is -0.422 e. The molecule has 4 rings (SSSR count). The molecule has 2 aromatic carbocycles. The Kier molecular flexibility index (Phi) is 4.07. The largest absolute Gasteiger partial charge is 0.422 e. The van der Waals surface area contributed by atoms with Crippen LogP contribution in [0.15, 0.2) is 82.3 Å². The van der Waals surface area contributed by atoms with Crippen molar-refractivity contribution in [2.24, 2.45) is 0 Å². The number of para-hydroxylation sites is 2. The fraction of sp³-hybridized carbons (Fsp3) is 0.0500. The molecule has 6 nitrogen and oxygen atoms in total. The van der Waals surface area contributed by atoms with E-state index in [1.807, 2.05) is 42.6 Å². The lowest BCUT2D eigenvalue weighted by molar-refractivity contribution is 0.0947. The van der Waals surface area contributed by atoms with Gasteiger partial charge in [-0.05, 0) is 29.8 Å². The average Bonchev–Trinajstić information content (AvgIpc) is 3.20. The molecule has 0 aliphatic carbocycles. The van der Waals surface area contributed by atoms with E-state index >= 15 is 0 Å². The summed E-state index contributed by atoms with van der Waals surface area (Å²) < 4.78 is 6.95. The number of fused-ring (bicyclic) bond motifs is 1. The van der Waals surface area contributed by atoms with Crippen LogP contribution in [0.3, 0.4) is 0 Å². The van der Waals surface area contributed by atoms with Crippen molar-refractivity contribution in [1.29, 1.82) is 0 Å². The third-order valence-electron chi connectivity index (χ3n) is 4.07. The molecule has 128 valence electrons. The van der Waals surface area contributed by atoms with E-state index in [2.05, 4.69) is 10.4 Å². The first-order valence-corrected chi connectivity index (χ1v) is 8.11. The first-order valence-electron chi connectivity index (χ1n) is 8.11. The van der Waals surface area contributed by atoms with Gasteiger partial charge in [0.05, 0.1) is 5.69 Å². The van der Waals surface area contributed by atoms with Gasteiger partial charge in [-0.15, -0.1) is 0 Å². The van der Waals surface area contributed by atoms with Crippen molar-refractivity contribution >= 4 is 16.9 Å². The van der Waals surface area contributed by atoms with E-state index < -0.39 is 11.5 Å². The monoisotopic (exact) mass is 345 g/mol. The zero-order valence-corrected chi connectivity index (χ0v) is 13.8. The Morgan fingerprint density at radius 3 is 2.73 bits per heavy atom. The second-order valence-corrected chi connectivity index (χ2v) is 5.75. The number of carbonyl (C=O) groups excluding carboxylic acids is 1. The number of hydrogen-bond acceptors (Lipinski definition) is 4. The van der Waals surface area contributed by atoms with Crippen molar-refractivity contribution in [3.63, 3.8) is 0 Å². The summed E-state index contributed by atoms with van der Waals surface area (Å²) in [6.07, 6.45) is 3.52. The standard InChI is InChI=1S/C20H15N3O3/c24-19(16-12-14-6-2-4-9-18(14)26-20(16)25)21-13-15-7-1-3-8-17(15)23-11-5-10-22-23/h1-12H,13H2,(H,21,24). The Balaban J connectivity index is 1.59. The Hall–Kier alpha value is -3.67. The third-order valence-corrected chi connectivity index (χ3v) is 4.07. The summed E-state index contributed by atoms with van der Waals surface area (Å²) in [7, 11) is 0. The topological polar surface area (TPSA) is 77.1 Å². The molecule has 6 heteroatoms. The van der Waals surface area contributed by atoms with Gasteiger partial charge < -0.3 is 9.73 Å². The quantitative estimate of drug-likeness (QED) is 0.577. The molecule has 0 fully saturated rings. The first-order chi connectivity index (χ1) is 12.7.